The van der Waals surface area contributed by atoms with Gasteiger partial charge in [-0.15, -0.1) is 11.3 Å². The molecule has 1 aromatic carbocycles. The van der Waals surface area contributed by atoms with Crippen LogP contribution in [0.25, 0.3) is 0 Å². The van der Waals surface area contributed by atoms with Crippen LogP contribution in [0.2, 0.25) is 0 Å². The maximum atomic E-state index is 12.0. The molecule has 0 spiro atoms. The van der Waals surface area contributed by atoms with Crippen LogP contribution in [0.15, 0.2) is 24.3 Å². The van der Waals surface area contributed by atoms with Crippen LogP contribution in [0, 0.1) is 13.8 Å². The van der Waals surface area contributed by atoms with Crippen molar-refractivity contribution in [2.24, 2.45) is 0 Å². The number of carbonyl (C=O) groups is 2. The summed E-state index contributed by atoms with van der Waals surface area (Å²) in [5.74, 6) is -0.148. The van der Waals surface area contributed by atoms with Crippen molar-refractivity contribution in [1.82, 2.24) is 4.98 Å². The number of hydrogen-bond donors (Lipinski definition) is 2. The molecule has 5 nitrogen and oxygen atoms in total. The van der Waals surface area contributed by atoms with E-state index in [1.807, 2.05) is 13.8 Å². The van der Waals surface area contributed by atoms with Crippen molar-refractivity contribution in [3.05, 3.63) is 39.8 Å². The lowest BCUT2D eigenvalue weighted by Crippen LogP contribution is -2.12. The molecule has 0 atom stereocenters. The molecule has 1 heterocycles. The Morgan fingerprint density at radius 3 is 2.18 bits per heavy atom. The van der Waals surface area contributed by atoms with Crippen LogP contribution in [-0.4, -0.2) is 16.8 Å². The van der Waals surface area contributed by atoms with Crippen molar-refractivity contribution in [2.75, 3.05) is 10.6 Å². The number of nitrogens with zero attached hydrogens (tertiary/aromatic N) is 1. The normalized spacial score (nSPS) is 10.3. The highest BCUT2D eigenvalue weighted by Crippen LogP contribution is 2.19. The van der Waals surface area contributed by atoms with Gasteiger partial charge in [0.1, 0.15) is 0 Å². The van der Waals surface area contributed by atoms with Gasteiger partial charge in [0.05, 0.1) is 10.7 Å². The summed E-state index contributed by atoms with van der Waals surface area (Å²) in [4.78, 5) is 28.4. The third kappa shape index (κ3) is 4.66. The zero-order chi connectivity index (χ0) is 16.1. The molecule has 0 unspecified atom stereocenters. The number of aryl methyl sites for hydroxylation is 3. The molecule has 2 aromatic rings. The van der Waals surface area contributed by atoms with Crippen molar-refractivity contribution in [2.45, 2.75) is 33.6 Å². The van der Waals surface area contributed by atoms with E-state index in [0.29, 0.717) is 18.5 Å². The minimum Gasteiger partial charge on any atom is -0.326 e. The van der Waals surface area contributed by atoms with Crippen LogP contribution < -0.4 is 10.6 Å². The van der Waals surface area contributed by atoms with E-state index in [2.05, 4.69) is 15.6 Å². The lowest BCUT2D eigenvalue weighted by atomic mass is 10.2. The Balaban J connectivity index is 1.86. The monoisotopic (exact) mass is 317 g/mol. The number of benzene rings is 1. The van der Waals surface area contributed by atoms with Gasteiger partial charge < -0.3 is 10.6 Å². The predicted molar refractivity (Wildman–Crippen MR) is 89.3 cm³/mol. The zero-order valence-corrected chi connectivity index (χ0v) is 13.7. The van der Waals surface area contributed by atoms with E-state index in [0.717, 1.165) is 21.3 Å². The van der Waals surface area contributed by atoms with Gasteiger partial charge in [-0.2, -0.15) is 0 Å². The second-order valence-corrected chi connectivity index (χ2v) is 6.34. The van der Waals surface area contributed by atoms with Gasteiger partial charge in [0, 0.05) is 29.6 Å². The van der Waals surface area contributed by atoms with Crippen molar-refractivity contribution in [1.29, 1.82) is 0 Å². The summed E-state index contributed by atoms with van der Waals surface area (Å²) in [6.45, 7) is 5.40. The first-order valence-electron chi connectivity index (χ1n) is 7.04. The summed E-state index contributed by atoms with van der Waals surface area (Å²) < 4.78 is 0. The van der Waals surface area contributed by atoms with Gasteiger partial charge in [0.15, 0.2) is 0 Å². The Morgan fingerprint density at radius 2 is 1.68 bits per heavy atom. The highest BCUT2D eigenvalue weighted by Gasteiger charge is 2.08. The molecule has 0 aliphatic rings. The molecular weight excluding hydrogens is 298 g/mol. The topological polar surface area (TPSA) is 71.1 Å². The molecule has 6 heteroatoms. The van der Waals surface area contributed by atoms with E-state index < -0.39 is 0 Å². The molecule has 2 amide bonds. The van der Waals surface area contributed by atoms with Gasteiger partial charge in [-0.3, -0.25) is 9.59 Å². The summed E-state index contributed by atoms with van der Waals surface area (Å²) >= 11 is 1.64. The van der Waals surface area contributed by atoms with Crippen molar-refractivity contribution >= 4 is 34.5 Å². The fourth-order valence-corrected chi connectivity index (χ4v) is 3.03. The number of hydrogen-bond acceptors (Lipinski definition) is 4. The van der Waals surface area contributed by atoms with Crippen LogP contribution in [0.1, 0.15) is 28.9 Å². The maximum absolute atomic E-state index is 12.0. The Morgan fingerprint density at radius 1 is 1.09 bits per heavy atom. The van der Waals surface area contributed by atoms with Gasteiger partial charge in [-0.25, -0.2) is 4.98 Å². The van der Waals surface area contributed by atoms with E-state index in [1.165, 1.54) is 6.92 Å². The average molecular weight is 317 g/mol. The summed E-state index contributed by atoms with van der Waals surface area (Å²) in [5.41, 5.74) is 2.44. The molecule has 22 heavy (non-hydrogen) atoms. The standard InChI is InChI=1S/C16H19N3O2S/c1-10-15(22-12(3)17-10)8-9-16(21)19-14-6-4-13(5-7-14)18-11(2)20/h4-7H,8-9H2,1-3H3,(H,18,20)(H,19,21). The lowest BCUT2D eigenvalue weighted by molar-refractivity contribution is -0.116. The fourth-order valence-electron chi connectivity index (χ4n) is 2.10. The minimum atomic E-state index is -0.119. The maximum Gasteiger partial charge on any atom is 0.224 e. The number of rotatable bonds is 5. The lowest BCUT2D eigenvalue weighted by Gasteiger charge is -2.06. The second kappa shape index (κ2) is 7.17. The highest BCUT2D eigenvalue weighted by molar-refractivity contribution is 7.11. The number of nitrogens with one attached hydrogen (secondary N) is 2. The van der Waals surface area contributed by atoms with Gasteiger partial charge >= 0.3 is 0 Å². The molecule has 0 saturated heterocycles. The number of thiazole rings is 1. The van der Waals surface area contributed by atoms with E-state index in [4.69, 9.17) is 0 Å². The van der Waals surface area contributed by atoms with Crippen molar-refractivity contribution in [3.63, 3.8) is 0 Å². The van der Waals surface area contributed by atoms with Gasteiger partial charge in [0.25, 0.3) is 0 Å². The predicted octanol–water partition coefficient (Wildman–Crippen LogP) is 3.29. The van der Waals surface area contributed by atoms with E-state index in [9.17, 15) is 9.59 Å². The van der Waals surface area contributed by atoms with Crippen molar-refractivity contribution < 1.29 is 9.59 Å². The van der Waals surface area contributed by atoms with Crippen LogP contribution in [0.3, 0.4) is 0 Å². The quantitative estimate of drug-likeness (QED) is 0.889. The number of anilines is 2. The van der Waals surface area contributed by atoms with Gasteiger partial charge in [-0.05, 0) is 44.5 Å². The first-order valence-corrected chi connectivity index (χ1v) is 7.86. The molecule has 0 bridgehead atoms. The second-order valence-electron chi connectivity index (χ2n) is 5.05. The van der Waals surface area contributed by atoms with Gasteiger partial charge in [0.2, 0.25) is 11.8 Å². The molecule has 0 saturated carbocycles. The van der Waals surface area contributed by atoms with Crippen LogP contribution in [-0.2, 0) is 16.0 Å². The van der Waals surface area contributed by atoms with Crippen LogP contribution in [0.4, 0.5) is 11.4 Å². The Bertz CT molecular complexity index is 677. The number of amides is 2. The molecular formula is C16H19N3O2S. The Kier molecular flexibility index (Phi) is 5.27. The summed E-state index contributed by atoms with van der Waals surface area (Å²) in [7, 11) is 0. The first kappa shape index (κ1) is 16.2. The SMILES string of the molecule is CC(=O)Nc1ccc(NC(=O)CCc2sc(C)nc2C)cc1. The van der Waals surface area contributed by atoms with E-state index >= 15 is 0 Å². The number of carbonyl (C=O) groups excluding carboxylic acids is 2. The third-order valence-corrected chi connectivity index (χ3v) is 4.20. The molecule has 0 aliphatic carbocycles. The summed E-state index contributed by atoms with van der Waals surface area (Å²) in [6.07, 6.45) is 1.13. The van der Waals surface area contributed by atoms with Gasteiger partial charge in [-0.1, -0.05) is 0 Å². The smallest absolute Gasteiger partial charge is 0.224 e. The Hall–Kier alpha value is -2.21. The minimum absolute atomic E-state index is 0.0299. The summed E-state index contributed by atoms with van der Waals surface area (Å²) in [6, 6.07) is 7.05. The van der Waals surface area contributed by atoms with Crippen LogP contribution >= 0.6 is 11.3 Å². The van der Waals surface area contributed by atoms with E-state index in [1.54, 1.807) is 35.6 Å². The highest BCUT2D eigenvalue weighted by atomic mass is 32.1. The average Bonchev–Trinajstić information content (AvgIpc) is 2.76. The molecule has 2 N–H and O–H groups in total. The molecule has 0 radical (unpaired) electrons. The number of aromatic nitrogens is 1. The first-order chi connectivity index (χ1) is 10.4. The fraction of sp³-hybridized carbons (Fsp3) is 0.312. The molecule has 0 fully saturated rings. The third-order valence-electron chi connectivity index (χ3n) is 3.07. The molecule has 2 rings (SSSR count). The van der Waals surface area contributed by atoms with Crippen molar-refractivity contribution in [3.8, 4) is 0 Å². The summed E-state index contributed by atoms with van der Waals surface area (Å²) in [5, 5.41) is 6.56. The van der Waals surface area contributed by atoms with E-state index in [-0.39, 0.29) is 11.8 Å². The molecule has 0 aliphatic heterocycles. The largest absolute Gasteiger partial charge is 0.326 e. The zero-order valence-electron chi connectivity index (χ0n) is 12.9. The van der Waals surface area contributed by atoms with Crippen LogP contribution in [0.5, 0.6) is 0 Å². The Labute approximate surface area is 133 Å². The molecule has 116 valence electrons. The molecule has 1 aromatic heterocycles.